The van der Waals surface area contributed by atoms with Crippen molar-refractivity contribution < 1.29 is 0 Å². The zero-order valence-electron chi connectivity index (χ0n) is 9.79. The molecule has 2 nitrogen and oxygen atoms in total. The molecule has 0 saturated heterocycles. The Morgan fingerprint density at radius 1 is 1.07 bits per heavy atom. The third-order valence-corrected chi connectivity index (χ3v) is 2.84. The molecule has 0 saturated carbocycles. The first-order valence-corrected chi connectivity index (χ1v) is 5.81. The van der Waals surface area contributed by atoms with Crippen LogP contribution in [0.5, 0.6) is 0 Å². The smallest absolute Gasteiger partial charge is 0.0208 e. The number of rotatable bonds is 6. The fourth-order valence-corrected chi connectivity index (χ4v) is 1.63. The van der Waals surface area contributed by atoms with Gasteiger partial charge in [-0.3, -0.25) is 0 Å². The van der Waals surface area contributed by atoms with Crippen molar-refractivity contribution >= 4 is 0 Å². The zero-order chi connectivity index (χ0) is 11.1. The average Bonchev–Trinajstić information content (AvgIpc) is 2.31. The van der Waals surface area contributed by atoms with Crippen LogP contribution in [0, 0.1) is 0 Å². The van der Waals surface area contributed by atoms with Crippen LogP contribution in [0.4, 0.5) is 0 Å². The second kappa shape index (κ2) is 6.59. The van der Waals surface area contributed by atoms with E-state index >= 15 is 0 Å². The van der Waals surface area contributed by atoms with Crippen molar-refractivity contribution in [1.82, 2.24) is 5.32 Å². The van der Waals surface area contributed by atoms with E-state index in [1.807, 2.05) is 0 Å². The molecule has 0 heterocycles. The van der Waals surface area contributed by atoms with Crippen molar-refractivity contribution in [2.75, 3.05) is 0 Å². The lowest BCUT2D eigenvalue weighted by atomic mass is 10.1. The fraction of sp³-hybridized carbons (Fsp3) is 0.538. The normalized spacial score (nSPS) is 10.9. The maximum atomic E-state index is 5.55. The van der Waals surface area contributed by atoms with Gasteiger partial charge in [0.15, 0.2) is 0 Å². The summed E-state index contributed by atoms with van der Waals surface area (Å²) in [4.78, 5) is 0. The van der Waals surface area contributed by atoms with Crippen LogP contribution < -0.4 is 11.1 Å². The largest absolute Gasteiger partial charge is 0.326 e. The van der Waals surface area contributed by atoms with Gasteiger partial charge in [0.05, 0.1) is 0 Å². The molecule has 0 aliphatic carbocycles. The summed E-state index contributed by atoms with van der Waals surface area (Å²) in [7, 11) is 0. The van der Waals surface area contributed by atoms with E-state index in [4.69, 9.17) is 5.73 Å². The van der Waals surface area contributed by atoms with Gasteiger partial charge in [-0.1, -0.05) is 38.1 Å². The minimum absolute atomic E-state index is 0.625. The highest BCUT2D eigenvalue weighted by Crippen LogP contribution is 2.05. The van der Waals surface area contributed by atoms with Crippen molar-refractivity contribution in [3.63, 3.8) is 0 Å². The first-order valence-electron chi connectivity index (χ1n) is 5.81. The monoisotopic (exact) mass is 206 g/mol. The van der Waals surface area contributed by atoms with Crippen molar-refractivity contribution in [2.24, 2.45) is 5.73 Å². The standard InChI is InChI=1S/C13H22N2/c1-3-13(4-2)15-10-12-7-5-11(9-14)6-8-12/h5-8,13,15H,3-4,9-10,14H2,1-2H3. The van der Waals surface area contributed by atoms with Gasteiger partial charge in [0.2, 0.25) is 0 Å². The zero-order valence-corrected chi connectivity index (χ0v) is 9.79. The molecule has 1 rings (SSSR count). The Morgan fingerprint density at radius 2 is 1.60 bits per heavy atom. The van der Waals surface area contributed by atoms with Gasteiger partial charge >= 0.3 is 0 Å². The SMILES string of the molecule is CCC(CC)NCc1ccc(CN)cc1. The number of nitrogens with two attached hydrogens (primary N) is 1. The lowest BCUT2D eigenvalue weighted by Gasteiger charge is -2.14. The van der Waals surface area contributed by atoms with Gasteiger partial charge in [0.1, 0.15) is 0 Å². The van der Waals surface area contributed by atoms with Gasteiger partial charge < -0.3 is 11.1 Å². The molecular formula is C13H22N2. The highest BCUT2D eigenvalue weighted by molar-refractivity contribution is 5.22. The summed E-state index contributed by atoms with van der Waals surface area (Å²) >= 11 is 0. The van der Waals surface area contributed by atoms with E-state index in [1.165, 1.54) is 24.0 Å². The van der Waals surface area contributed by atoms with Crippen LogP contribution in [0.2, 0.25) is 0 Å². The van der Waals surface area contributed by atoms with E-state index in [9.17, 15) is 0 Å². The third kappa shape index (κ3) is 4.02. The van der Waals surface area contributed by atoms with Crippen LogP contribution in [-0.4, -0.2) is 6.04 Å². The highest BCUT2D eigenvalue weighted by atomic mass is 14.9. The molecule has 0 amide bonds. The lowest BCUT2D eigenvalue weighted by Crippen LogP contribution is -2.26. The summed E-state index contributed by atoms with van der Waals surface area (Å²) in [5, 5.41) is 3.54. The minimum atomic E-state index is 0.625. The Hall–Kier alpha value is -0.860. The van der Waals surface area contributed by atoms with Crippen LogP contribution >= 0.6 is 0 Å². The molecule has 0 spiro atoms. The molecular weight excluding hydrogens is 184 g/mol. The van der Waals surface area contributed by atoms with Gasteiger partial charge in [-0.2, -0.15) is 0 Å². The van der Waals surface area contributed by atoms with E-state index in [2.05, 4.69) is 43.4 Å². The molecule has 0 unspecified atom stereocenters. The molecule has 15 heavy (non-hydrogen) atoms. The molecule has 0 radical (unpaired) electrons. The molecule has 0 fully saturated rings. The second-order valence-electron chi connectivity index (χ2n) is 3.91. The molecule has 0 atom stereocenters. The minimum Gasteiger partial charge on any atom is -0.326 e. The predicted molar refractivity (Wildman–Crippen MR) is 65.5 cm³/mol. The van der Waals surface area contributed by atoms with Crippen LogP contribution in [0.25, 0.3) is 0 Å². The summed E-state index contributed by atoms with van der Waals surface area (Å²) in [5.74, 6) is 0. The molecule has 0 bridgehead atoms. The van der Waals surface area contributed by atoms with Gasteiger partial charge in [0.25, 0.3) is 0 Å². The van der Waals surface area contributed by atoms with E-state index in [0.717, 1.165) is 6.54 Å². The topological polar surface area (TPSA) is 38.0 Å². The molecule has 0 aromatic heterocycles. The maximum absolute atomic E-state index is 5.55. The highest BCUT2D eigenvalue weighted by Gasteiger charge is 2.01. The lowest BCUT2D eigenvalue weighted by molar-refractivity contribution is 0.484. The molecule has 1 aromatic rings. The van der Waals surface area contributed by atoms with Gasteiger partial charge in [-0.05, 0) is 24.0 Å². The molecule has 2 heteroatoms. The van der Waals surface area contributed by atoms with Crippen molar-refractivity contribution in [3.05, 3.63) is 35.4 Å². The number of hydrogen-bond acceptors (Lipinski definition) is 2. The van der Waals surface area contributed by atoms with Gasteiger partial charge in [-0.15, -0.1) is 0 Å². The molecule has 0 aliphatic heterocycles. The van der Waals surface area contributed by atoms with Gasteiger partial charge in [-0.25, -0.2) is 0 Å². The van der Waals surface area contributed by atoms with Gasteiger partial charge in [0, 0.05) is 19.1 Å². The first kappa shape index (κ1) is 12.2. The van der Waals surface area contributed by atoms with Crippen LogP contribution in [0.15, 0.2) is 24.3 Å². The Balaban J connectivity index is 2.43. The van der Waals surface area contributed by atoms with E-state index in [0.29, 0.717) is 12.6 Å². The van der Waals surface area contributed by atoms with Crippen molar-refractivity contribution in [3.8, 4) is 0 Å². The second-order valence-corrected chi connectivity index (χ2v) is 3.91. The van der Waals surface area contributed by atoms with Crippen LogP contribution in [-0.2, 0) is 13.1 Å². The Morgan fingerprint density at radius 3 is 2.07 bits per heavy atom. The first-order chi connectivity index (χ1) is 7.30. The number of hydrogen-bond donors (Lipinski definition) is 2. The fourth-order valence-electron chi connectivity index (χ4n) is 1.63. The van der Waals surface area contributed by atoms with Crippen molar-refractivity contribution in [1.29, 1.82) is 0 Å². The number of benzene rings is 1. The summed E-state index contributed by atoms with van der Waals surface area (Å²) in [5.41, 5.74) is 8.08. The Bertz CT molecular complexity index is 262. The summed E-state index contributed by atoms with van der Waals surface area (Å²) in [6, 6.07) is 9.14. The molecule has 1 aromatic carbocycles. The summed E-state index contributed by atoms with van der Waals surface area (Å²) in [6.45, 7) is 6.02. The predicted octanol–water partition coefficient (Wildman–Crippen LogP) is 2.42. The molecule has 3 N–H and O–H groups in total. The quantitative estimate of drug-likeness (QED) is 0.750. The third-order valence-electron chi connectivity index (χ3n) is 2.84. The van der Waals surface area contributed by atoms with E-state index in [1.54, 1.807) is 0 Å². The maximum Gasteiger partial charge on any atom is 0.0208 e. The molecule has 0 aliphatic rings. The van der Waals surface area contributed by atoms with E-state index < -0.39 is 0 Å². The summed E-state index contributed by atoms with van der Waals surface area (Å²) in [6.07, 6.45) is 2.38. The Kier molecular flexibility index (Phi) is 5.37. The van der Waals surface area contributed by atoms with Crippen molar-refractivity contribution in [2.45, 2.75) is 45.8 Å². The van der Waals surface area contributed by atoms with Crippen LogP contribution in [0.3, 0.4) is 0 Å². The molecule has 84 valence electrons. The summed E-state index contributed by atoms with van der Waals surface area (Å²) < 4.78 is 0. The van der Waals surface area contributed by atoms with E-state index in [-0.39, 0.29) is 0 Å². The Labute approximate surface area is 92.9 Å². The number of nitrogens with one attached hydrogen (secondary N) is 1. The van der Waals surface area contributed by atoms with Crippen LogP contribution in [0.1, 0.15) is 37.8 Å². The average molecular weight is 206 g/mol.